The second-order valence-corrected chi connectivity index (χ2v) is 8.01. The Morgan fingerprint density at radius 2 is 1.85 bits per heavy atom. The number of nitro benzene ring substituents is 1. The number of nitrogens with zero attached hydrogens (tertiary/aromatic N) is 3. The van der Waals surface area contributed by atoms with Crippen molar-refractivity contribution in [1.82, 2.24) is 10.6 Å². The minimum Gasteiger partial charge on any atom is -0.494 e. The molecule has 2 aliphatic heterocycles. The van der Waals surface area contributed by atoms with Gasteiger partial charge in [0.25, 0.3) is 17.5 Å². The Bertz CT molecular complexity index is 1170. The Morgan fingerprint density at radius 3 is 2.50 bits per heavy atom. The van der Waals surface area contributed by atoms with E-state index in [1.165, 1.54) is 23.1 Å². The van der Waals surface area contributed by atoms with Crippen molar-refractivity contribution < 1.29 is 19.2 Å². The topological polar surface area (TPSA) is 117 Å². The lowest BCUT2D eigenvalue weighted by atomic mass is 10.0. The lowest BCUT2D eigenvalue weighted by Gasteiger charge is -2.31. The third kappa shape index (κ3) is 4.75. The molecule has 34 heavy (non-hydrogen) atoms. The summed E-state index contributed by atoms with van der Waals surface area (Å²) < 4.78 is 5.44. The van der Waals surface area contributed by atoms with E-state index in [9.17, 15) is 19.7 Å². The molecule has 2 aromatic rings. The molecule has 0 aromatic heterocycles. The molecule has 11 heteroatoms. The summed E-state index contributed by atoms with van der Waals surface area (Å²) in [5.41, 5.74) is 1.29. The van der Waals surface area contributed by atoms with Crippen molar-refractivity contribution in [3.8, 4) is 5.75 Å². The highest BCUT2D eigenvalue weighted by Gasteiger charge is 2.35. The summed E-state index contributed by atoms with van der Waals surface area (Å²) >= 11 is 5.26. The number of anilines is 2. The van der Waals surface area contributed by atoms with Crippen LogP contribution in [0.5, 0.6) is 5.75 Å². The Hall–Kier alpha value is -3.83. The maximum absolute atomic E-state index is 13.4. The first-order valence-electron chi connectivity index (χ1n) is 10.8. The molecular weight excluding hydrogens is 458 g/mol. The van der Waals surface area contributed by atoms with Gasteiger partial charge in [-0.3, -0.25) is 29.9 Å². The van der Waals surface area contributed by atoms with E-state index in [0.717, 1.165) is 13.1 Å². The summed E-state index contributed by atoms with van der Waals surface area (Å²) in [6, 6.07) is 11.2. The Kier molecular flexibility index (Phi) is 6.85. The number of non-ortho nitro benzene ring substituents is 1. The highest BCUT2D eigenvalue weighted by Crippen LogP contribution is 2.30. The van der Waals surface area contributed by atoms with Crippen LogP contribution < -0.4 is 25.2 Å². The fraction of sp³-hybridized carbons (Fsp3) is 0.261. The van der Waals surface area contributed by atoms with Gasteiger partial charge in [0, 0.05) is 49.6 Å². The third-order valence-corrected chi connectivity index (χ3v) is 5.77. The first-order valence-corrected chi connectivity index (χ1v) is 11.2. The predicted molar refractivity (Wildman–Crippen MR) is 132 cm³/mol. The van der Waals surface area contributed by atoms with Crippen LogP contribution >= 0.6 is 12.2 Å². The highest BCUT2D eigenvalue weighted by atomic mass is 32.1. The van der Waals surface area contributed by atoms with Crippen molar-refractivity contribution in [3.63, 3.8) is 0 Å². The molecule has 2 fully saturated rings. The summed E-state index contributed by atoms with van der Waals surface area (Å²) in [5, 5.41) is 17.2. The number of thiocarbonyl (C=S) groups is 1. The standard InChI is InChI=1S/C23H23N5O5S/c1-2-33-18-6-3-16(4-7-18)27-22(30)19(21(29)25-23(27)34)14-15-13-17(28(31)32)5-8-20(15)26-11-9-24-10-12-26/h3-8,13-14,24H,2,9-12H2,1H3,(H,25,29,34)/b19-14-. The maximum atomic E-state index is 13.4. The van der Waals surface area contributed by atoms with Gasteiger partial charge < -0.3 is 15.0 Å². The van der Waals surface area contributed by atoms with E-state index in [4.69, 9.17) is 17.0 Å². The van der Waals surface area contributed by atoms with Crippen LogP contribution in [-0.4, -0.2) is 54.6 Å². The van der Waals surface area contributed by atoms with Crippen LogP contribution in [0.25, 0.3) is 6.08 Å². The molecule has 2 aromatic carbocycles. The molecule has 0 saturated carbocycles. The molecule has 0 unspecified atom stereocenters. The fourth-order valence-corrected chi connectivity index (χ4v) is 4.15. The summed E-state index contributed by atoms with van der Waals surface area (Å²) in [7, 11) is 0. The number of piperazine rings is 1. The lowest BCUT2D eigenvalue weighted by molar-refractivity contribution is -0.384. The van der Waals surface area contributed by atoms with E-state index in [0.29, 0.717) is 42.4 Å². The van der Waals surface area contributed by atoms with Crippen LogP contribution in [0.1, 0.15) is 12.5 Å². The number of nitrogens with one attached hydrogen (secondary N) is 2. The zero-order valence-corrected chi connectivity index (χ0v) is 19.3. The Morgan fingerprint density at radius 1 is 1.15 bits per heavy atom. The minimum atomic E-state index is -0.657. The van der Waals surface area contributed by atoms with E-state index in [1.54, 1.807) is 30.3 Å². The number of ether oxygens (including phenoxy) is 1. The van der Waals surface area contributed by atoms with Crippen LogP contribution in [0.15, 0.2) is 48.0 Å². The molecule has 4 rings (SSSR count). The van der Waals surface area contributed by atoms with Crippen molar-refractivity contribution >= 4 is 52.3 Å². The first-order chi connectivity index (χ1) is 16.4. The monoisotopic (exact) mass is 481 g/mol. The molecule has 0 bridgehead atoms. The first kappa shape index (κ1) is 23.3. The van der Waals surface area contributed by atoms with Crippen LogP contribution in [0.4, 0.5) is 17.1 Å². The normalized spacial score (nSPS) is 17.7. The summed E-state index contributed by atoms with van der Waals surface area (Å²) in [6.45, 7) is 5.26. The number of amides is 2. The van der Waals surface area contributed by atoms with Gasteiger partial charge in [0.2, 0.25) is 0 Å². The average molecular weight is 482 g/mol. The molecular formula is C23H23N5O5S. The number of rotatable bonds is 6. The van der Waals surface area contributed by atoms with Crippen LogP contribution in [0.2, 0.25) is 0 Å². The van der Waals surface area contributed by atoms with Crippen molar-refractivity contribution in [2.24, 2.45) is 0 Å². The maximum Gasteiger partial charge on any atom is 0.270 e. The molecule has 0 radical (unpaired) electrons. The van der Waals surface area contributed by atoms with Crippen molar-refractivity contribution in [2.75, 3.05) is 42.6 Å². The predicted octanol–water partition coefficient (Wildman–Crippen LogP) is 2.23. The van der Waals surface area contributed by atoms with Crippen LogP contribution in [0, 0.1) is 10.1 Å². The molecule has 2 amide bonds. The Balaban J connectivity index is 1.74. The second-order valence-electron chi connectivity index (χ2n) is 7.62. The van der Waals surface area contributed by atoms with Crippen LogP contribution in [-0.2, 0) is 9.59 Å². The molecule has 0 aliphatic carbocycles. The number of carbonyl (C=O) groups excluding carboxylic acids is 2. The number of carbonyl (C=O) groups is 2. The Labute approximate surface area is 201 Å². The van der Waals surface area contributed by atoms with Crippen molar-refractivity contribution in [2.45, 2.75) is 6.92 Å². The van der Waals surface area contributed by atoms with Crippen molar-refractivity contribution in [1.29, 1.82) is 0 Å². The van der Waals surface area contributed by atoms with Gasteiger partial charge in [-0.25, -0.2) is 0 Å². The SMILES string of the molecule is CCOc1ccc(N2C(=O)/C(=C\c3cc([N+](=O)[O-])ccc3N3CCNCC3)C(=O)NC2=S)cc1. The van der Waals surface area contributed by atoms with E-state index < -0.39 is 16.7 Å². The van der Waals surface area contributed by atoms with Gasteiger partial charge in [-0.2, -0.15) is 0 Å². The van der Waals surface area contributed by atoms with E-state index >= 15 is 0 Å². The van der Waals surface area contributed by atoms with Crippen molar-refractivity contribution in [3.05, 3.63) is 63.7 Å². The van der Waals surface area contributed by atoms with Gasteiger partial charge >= 0.3 is 0 Å². The van der Waals surface area contributed by atoms with E-state index in [1.807, 2.05) is 6.92 Å². The molecule has 2 N–H and O–H groups in total. The molecule has 0 atom stereocenters. The number of benzene rings is 2. The second kappa shape index (κ2) is 9.98. The highest BCUT2D eigenvalue weighted by molar-refractivity contribution is 7.80. The van der Waals surface area contributed by atoms with E-state index in [2.05, 4.69) is 15.5 Å². The van der Waals surface area contributed by atoms with Gasteiger partial charge in [0.15, 0.2) is 5.11 Å². The smallest absolute Gasteiger partial charge is 0.270 e. The van der Waals surface area contributed by atoms with Gasteiger partial charge in [-0.05, 0) is 55.5 Å². The summed E-state index contributed by atoms with van der Waals surface area (Å²) in [4.78, 5) is 40.3. The number of hydrogen-bond acceptors (Lipinski definition) is 8. The van der Waals surface area contributed by atoms with Crippen LogP contribution in [0.3, 0.4) is 0 Å². The number of hydrogen-bond donors (Lipinski definition) is 2. The zero-order chi connectivity index (χ0) is 24.2. The summed E-state index contributed by atoms with van der Waals surface area (Å²) in [6.07, 6.45) is 1.39. The van der Waals surface area contributed by atoms with Gasteiger partial charge in [-0.15, -0.1) is 0 Å². The third-order valence-electron chi connectivity index (χ3n) is 5.49. The minimum absolute atomic E-state index is 0.0438. The largest absolute Gasteiger partial charge is 0.494 e. The zero-order valence-electron chi connectivity index (χ0n) is 18.4. The molecule has 10 nitrogen and oxygen atoms in total. The molecule has 176 valence electrons. The van der Waals surface area contributed by atoms with E-state index in [-0.39, 0.29) is 16.4 Å². The molecule has 2 heterocycles. The van der Waals surface area contributed by atoms with Gasteiger partial charge in [-0.1, -0.05) is 0 Å². The average Bonchev–Trinajstić information content (AvgIpc) is 2.83. The molecule has 0 spiro atoms. The number of nitro groups is 1. The van der Waals surface area contributed by atoms with Gasteiger partial charge in [0.05, 0.1) is 17.2 Å². The summed E-state index contributed by atoms with van der Waals surface area (Å²) in [5.74, 6) is -0.635. The van der Waals surface area contributed by atoms with Gasteiger partial charge in [0.1, 0.15) is 11.3 Å². The fourth-order valence-electron chi connectivity index (χ4n) is 3.87. The lowest BCUT2D eigenvalue weighted by Crippen LogP contribution is -2.54. The molecule has 2 saturated heterocycles. The molecule has 2 aliphatic rings. The quantitative estimate of drug-likeness (QED) is 0.212.